The third-order valence-corrected chi connectivity index (χ3v) is 5.67. The number of rotatable bonds is 2. The molecule has 118 valence electrons. The molecule has 1 aromatic rings. The second kappa shape index (κ2) is 5.12. The van der Waals surface area contributed by atoms with Crippen molar-refractivity contribution in [2.75, 3.05) is 29.2 Å². The Morgan fingerprint density at radius 1 is 1.29 bits per heavy atom. The van der Waals surface area contributed by atoms with Crippen LogP contribution in [0.5, 0.6) is 0 Å². The maximum absolute atomic E-state index is 11.7. The van der Waals surface area contributed by atoms with Gasteiger partial charge in [-0.3, -0.25) is 0 Å². The molecular formula is C14H24N4O2S. The van der Waals surface area contributed by atoms with Crippen molar-refractivity contribution in [1.29, 1.82) is 0 Å². The Kier molecular flexibility index (Phi) is 3.90. The van der Waals surface area contributed by atoms with Crippen molar-refractivity contribution in [1.82, 2.24) is 9.97 Å². The van der Waals surface area contributed by atoms with E-state index in [-0.39, 0.29) is 23.0 Å². The van der Waals surface area contributed by atoms with Crippen molar-refractivity contribution in [3.63, 3.8) is 0 Å². The summed E-state index contributed by atoms with van der Waals surface area (Å²) >= 11 is 0. The highest BCUT2D eigenvalue weighted by Gasteiger charge is 2.32. The van der Waals surface area contributed by atoms with Crippen molar-refractivity contribution < 1.29 is 8.42 Å². The molecule has 1 fully saturated rings. The number of anilines is 2. The smallest absolute Gasteiger partial charge is 0.152 e. The fraction of sp³-hybridized carbons (Fsp3) is 0.714. The van der Waals surface area contributed by atoms with Crippen molar-refractivity contribution in [3.8, 4) is 0 Å². The number of hydrogen-bond acceptors (Lipinski definition) is 6. The van der Waals surface area contributed by atoms with Gasteiger partial charge in [-0.05, 0) is 13.3 Å². The molecule has 0 amide bonds. The minimum atomic E-state index is -2.93. The Hall–Kier alpha value is -1.37. The topological polar surface area (TPSA) is 89.2 Å². The van der Waals surface area contributed by atoms with Crippen LogP contribution in [-0.4, -0.2) is 43.0 Å². The summed E-state index contributed by atoms with van der Waals surface area (Å²) in [6.07, 6.45) is 0.632. The summed E-state index contributed by atoms with van der Waals surface area (Å²) in [5, 5.41) is 0. The molecule has 2 N–H and O–H groups in total. The molecule has 0 aromatic carbocycles. The van der Waals surface area contributed by atoms with Crippen LogP contribution in [0, 0.1) is 6.92 Å². The Labute approximate surface area is 126 Å². The van der Waals surface area contributed by atoms with Crippen LogP contribution in [0.4, 0.5) is 11.6 Å². The first kappa shape index (κ1) is 16.0. The number of nitrogen functional groups attached to an aromatic ring is 1. The van der Waals surface area contributed by atoms with Gasteiger partial charge in [0, 0.05) is 24.1 Å². The molecule has 21 heavy (non-hydrogen) atoms. The fourth-order valence-electron chi connectivity index (χ4n) is 2.45. The monoisotopic (exact) mass is 312 g/mol. The van der Waals surface area contributed by atoms with Gasteiger partial charge < -0.3 is 10.6 Å². The van der Waals surface area contributed by atoms with E-state index in [0.717, 1.165) is 11.4 Å². The van der Waals surface area contributed by atoms with E-state index >= 15 is 0 Å². The molecule has 1 saturated heterocycles. The van der Waals surface area contributed by atoms with E-state index in [4.69, 9.17) is 5.73 Å². The third kappa shape index (κ3) is 3.28. The van der Waals surface area contributed by atoms with Gasteiger partial charge >= 0.3 is 0 Å². The lowest BCUT2D eigenvalue weighted by Gasteiger charge is -2.28. The van der Waals surface area contributed by atoms with E-state index in [2.05, 4.69) is 9.97 Å². The Bertz CT molecular complexity index is 650. The molecule has 0 saturated carbocycles. The SMILES string of the molecule is Cc1c(N)nc(C(C)(C)C)nc1N(C)C1CCS(=O)(=O)C1. The van der Waals surface area contributed by atoms with Crippen molar-refractivity contribution >= 4 is 21.5 Å². The minimum Gasteiger partial charge on any atom is -0.383 e. The number of hydrogen-bond donors (Lipinski definition) is 1. The summed E-state index contributed by atoms with van der Waals surface area (Å²) in [5.74, 6) is 2.28. The van der Waals surface area contributed by atoms with Crippen LogP contribution in [0.1, 0.15) is 38.6 Å². The summed E-state index contributed by atoms with van der Waals surface area (Å²) < 4.78 is 23.3. The van der Waals surface area contributed by atoms with Gasteiger partial charge in [0.15, 0.2) is 9.84 Å². The first-order chi connectivity index (χ1) is 9.51. The maximum atomic E-state index is 11.7. The van der Waals surface area contributed by atoms with Crippen molar-refractivity contribution in [2.24, 2.45) is 0 Å². The van der Waals surface area contributed by atoms with Gasteiger partial charge in [0.2, 0.25) is 0 Å². The lowest BCUT2D eigenvalue weighted by molar-refractivity contribution is 0.543. The molecule has 0 radical (unpaired) electrons. The zero-order valence-electron chi connectivity index (χ0n) is 13.3. The summed E-state index contributed by atoms with van der Waals surface area (Å²) in [6.45, 7) is 7.96. The number of sulfone groups is 1. The average molecular weight is 312 g/mol. The van der Waals surface area contributed by atoms with E-state index in [0.29, 0.717) is 18.1 Å². The van der Waals surface area contributed by atoms with Crippen molar-refractivity contribution in [2.45, 2.75) is 45.6 Å². The van der Waals surface area contributed by atoms with E-state index in [1.165, 1.54) is 0 Å². The van der Waals surface area contributed by atoms with E-state index in [1.54, 1.807) is 0 Å². The molecule has 0 aliphatic carbocycles. The second-order valence-electron chi connectivity index (χ2n) is 6.80. The van der Waals surface area contributed by atoms with Gasteiger partial charge in [-0.1, -0.05) is 20.8 Å². The summed E-state index contributed by atoms with van der Waals surface area (Å²) in [5.41, 5.74) is 6.60. The maximum Gasteiger partial charge on any atom is 0.152 e. The van der Waals surface area contributed by atoms with Gasteiger partial charge in [0.05, 0.1) is 11.5 Å². The largest absolute Gasteiger partial charge is 0.383 e. The first-order valence-electron chi connectivity index (χ1n) is 7.09. The molecule has 0 spiro atoms. The van der Waals surface area contributed by atoms with Gasteiger partial charge in [0.1, 0.15) is 17.5 Å². The van der Waals surface area contributed by atoms with E-state index < -0.39 is 9.84 Å². The first-order valence-corrected chi connectivity index (χ1v) is 8.91. The molecular weight excluding hydrogens is 288 g/mol. The highest BCUT2D eigenvalue weighted by Crippen LogP contribution is 2.29. The molecule has 1 aliphatic rings. The summed E-state index contributed by atoms with van der Waals surface area (Å²) in [4.78, 5) is 10.9. The second-order valence-corrected chi connectivity index (χ2v) is 9.03. The number of aromatic nitrogens is 2. The molecule has 2 heterocycles. The van der Waals surface area contributed by atoms with Crippen LogP contribution in [0.15, 0.2) is 0 Å². The third-order valence-electron chi connectivity index (χ3n) is 3.92. The van der Waals surface area contributed by atoms with Crippen LogP contribution in [0.25, 0.3) is 0 Å². The molecule has 2 rings (SSSR count). The normalized spacial score (nSPS) is 21.5. The molecule has 1 atom stereocenters. The molecule has 7 heteroatoms. The van der Waals surface area contributed by atoms with Gasteiger partial charge in [-0.15, -0.1) is 0 Å². The summed E-state index contributed by atoms with van der Waals surface area (Å²) in [7, 11) is -1.04. The Morgan fingerprint density at radius 3 is 2.38 bits per heavy atom. The highest BCUT2D eigenvalue weighted by atomic mass is 32.2. The molecule has 1 unspecified atom stereocenters. The van der Waals surface area contributed by atoms with Crippen molar-refractivity contribution in [3.05, 3.63) is 11.4 Å². The van der Waals surface area contributed by atoms with Crippen LogP contribution in [-0.2, 0) is 15.3 Å². The van der Waals surface area contributed by atoms with Crippen LogP contribution < -0.4 is 10.6 Å². The lowest BCUT2D eigenvalue weighted by atomic mass is 9.95. The summed E-state index contributed by atoms with van der Waals surface area (Å²) in [6, 6.07) is -0.0455. The molecule has 6 nitrogen and oxygen atoms in total. The zero-order valence-corrected chi connectivity index (χ0v) is 14.2. The number of nitrogens with two attached hydrogens (primary N) is 1. The van der Waals surface area contributed by atoms with Gasteiger partial charge in [-0.25, -0.2) is 18.4 Å². The van der Waals surface area contributed by atoms with Crippen LogP contribution in [0.3, 0.4) is 0 Å². The Balaban J connectivity index is 2.41. The fourth-order valence-corrected chi connectivity index (χ4v) is 4.23. The zero-order chi connectivity index (χ0) is 16.0. The van der Waals surface area contributed by atoms with Crippen LogP contribution in [0.2, 0.25) is 0 Å². The lowest BCUT2D eigenvalue weighted by Crippen LogP contribution is -2.34. The average Bonchev–Trinajstić information content (AvgIpc) is 2.71. The molecule has 0 bridgehead atoms. The van der Waals surface area contributed by atoms with Crippen LogP contribution >= 0.6 is 0 Å². The number of nitrogens with zero attached hydrogens (tertiary/aromatic N) is 3. The molecule has 1 aliphatic heterocycles. The Morgan fingerprint density at radius 2 is 1.90 bits per heavy atom. The molecule has 1 aromatic heterocycles. The van der Waals surface area contributed by atoms with E-state index in [9.17, 15) is 8.42 Å². The predicted octanol–water partition coefficient (Wildman–Crippen LogP) is 1.29. The predicted molar refractivity (Wildman–Crippen MR) is 85.3 cm³/mol. The standard InChI is InChI=1S/C14H24N4O2S/c1-9-11(15)16-13(14(2,3)4)17-12(9)18(5)10-6-7-21(19,20)8-10/h10H,6-8H2,1-5H3,(H2,15,16,17). The van der Waals surface area contributed by atoms with Gasteiger partial charge in [-0.2, -0.15) is 0 Å². The van der Waals surface area contributed by atoms with Gasteiger partial charge in [0.25, 0.3) is 0 Å². The quantitative estimate of drug-likeness (QED) is 0.885. The highest BCUT2D eigenvalue weighted by molar-refractivity contribution is 7.91. The minimum absolute atomic E-state index is 0.0455. The van der Waals surface area contributed by atoms with E-state index in [1.807, 2.05) is 39.6 Å².